The lowest BCUT2D eigenvalue weighted by atomic mass is 10.1. The van der Waals surface area contributed by atoms with Gasteiger partial charge >= 0.3 is 0 Å². The van der Waals surface area contributed by atoms with Crippen molar-refractivity contribution in [1.82, 2.24) is 10.3 Å². The first kappa shape index (κ1) is 17.2. The molecule has 3 aromatic rings. The number of aromatic nitrogens is 1. The van der Waals surface area contributed by atoms with Crippen LogP contribution in [0.4, 0.5) is 4.39 Å². The average Bonchev–Trinajstić information content (AvgIpc) is 3.27. The molecule has 0 saturated heterocycles. The summed E-state index contributed by atoms with van der Waals surface area (Å²) in [5.74, 6) is -0.213. The molecule has 1 heterocycles. The third kappa shape index (κ3) is 3.37. The lowest BCUT2D eigenvalue weighted by molar-refractivity contribution is 0.0953. The van der Waals surface area contributed by atoms with Gasteiger partial charge in [-0.3, -0.25) is 4.79 Å². The molecule has 26 heavy (non-hydrogen) atoms. The standard InChI is InChI=1S/C20H16ClFN2OS/c1-11-18(26-20(23-11)14-7-2-3-8-16(14)21)19(25)24-17-10-15(17)12-5-4-6-13(22)9-12/h2-9,15,17H,10H2,1H3,(H,24,25). The van der Waals surface area contributed by atoms with E-state index >= 15 is 0 Å². The number of nitrogens with one attached hydrogen (secondary N) is 1. The zero-order valence-electron chi connectivity index (χ0n) is 14.0. The smallest absolute Gasteiger partial charge is 0.263 e. The number of rotatable bonds is 4. The van der Waals surface area contributed by atoms with Crippen molar-refractivity contribution in [3.8, 4) is 10.6 Å². The van der Waals surface area contributed by atoms with Gasteiger partial charge in [0, 0.05) is 17.5 Å². The number of carbonyl (C=O) groups is 1. The van der Waals surface area contributed by atoms with Gasteiger partial charge in [0.05, 0.1) is 10.7 Å². The highest BCUT2D eigenvalue weighted by atomic mass is 35.5. The van der Waals surface area contributed by atoms with Crippen LogP contribution in [0, 0.1) is 12.7 Å². The molecule has 0 radical (unpaired) electrons. The maximum Gasteiger partial charge on any atom is 0.263 e. The van der Waals surface area contributed by atoms with E-state index in [0.717, 1.165) is 22.6 Å². The molecule has 1 aromatic heterocycles. The predicted molar refractivity (Wildman–Crippen MR) is 102 cm³/mol. The number of hydrogen-bond acceptors (Lipinski definition) is 3. The highest BCUT2D eigenvalue weighted by Crippen LogP contribution is 2.41. The van der Waals surface area contributed by atoms with E-state index in [-0.39, 0.29) is 23.7 Å². The largest absolute Gasteiger partial charge is 0.348 e. The second kappa shape index (κ2) is 6.82. The minimum absolute atomic E-state index is 0.0366. The molecule has 1 amide bonds. The van der Waals surface area contributed by atoms with Crippen LogP contribution in [0.1, 0.15) is 33.3 Å². The summed E-state index contributed by atoms with van der Waals surface area (Å²) in [6, 6.07) is 14.0. The second-order valence-electron chi connectivity index (χ2n) is 6.39. The van der Waals surface area contributed by atoms with Gasteiger partial charge in [-0.2, -0.15) is 0 Å². The van der Waals surface area contributed by atoms with Crippen LogP contribution in [0.3, 0.4) is 0 Å². The van der Waals surface area contributed by atoms with E-state index in [9.17, 15) is 9.18 Å². The number of benzene rings is 2. The van der Waals surface area contributed by atoms with Crippen molar-refractivity contribution >= 4 is 28.8 Å². The highest BCUT2D eigenvalue weighted by Gasteiger charge is 2.40. The van der Waals surface area contributed by atoms with Crippen LogP contribution in [0.2, 0.25) is 5.02 Å². The fourth-order valence-corrected chi connectivity index (χ4v) is 4.34. The van der Waals surface area contributed by atoms with Crippen LogP contribution >= 0.6 is 22.9 Å². The van der Waals surface area contributed by atoms with Crippen LogP contribution < -0.4 is 5.32 Å². The molecule has 132 valence electrons. The van der Waals surface area contributed by atoms with Crippen molar-refractivity contribution in [2.24, 2.45) is 0 Å². The Morgan fingerprint density at radius 1 is 1.27 bits per heavy atom. The van der Waals surface area contributed by atoms with E-state index in [0.29, 0.717) is 15.6 Å². The molecule has 4 rings (SSSR count). The number of aryl methyl sites for hydroxylation is 1. The molecule has 2 unspecified atom stereocenters. The molecule has 0 spiro atoms. The van der Waals surface area contributed by atoms with Gasteiger partial charge in [0.1, 0.15) is 15.7 Å². The van der Waals surface area contributed by atoms with Crippen LogP contribution in [0.15, 0.2) is 48.5 Å². The van der Waals surface area contributed by atoms with Crippen molar-refractivity contribution < 1.29 is 9.18 Å². The number of nitrogens with zero attached hydrogens (tertiary/aromatic N) is 1. The number of hydrogen-bond donors (Lipinski definition) is 1. The van der Waals surface area contributed by atoms with Gasteiger partial charge in [0.2, 0.25) is 0 Å². The monoisotopic (exact) mass is 386 g/mol. The minimum atomic E-state index is -0.248. The SMILES string of the molecule is Cc1nc(-c2ccccc2Cl)sc1C(=O)NC1CC1c1cccc(F)c1. The number of carbonyl (C=O) groups excluding carboxylic acids is 1. The Hall–Kier alpha value is -2.24. The quantitative estimate of drug-likeness (QED) is 0.669. The third-order valence-electron chi connectivity index (χ3n) is 4.49. The number of halogens is 2. The van der Waals surface area contributed by atoms with E-state index in [4.69, 9.17) is 11.6 Å². The van der Waals surface area contributed by atoms with Crippen LogP contribution in [-0.2, 0) is 0 Å². The van der Waals surface area contributed by atoms with Crippen molar-refractivity contribution in [2.75, 3.05) is 0 Å². The van der Waals surface area contributed by atoms with Gasteiger partial charge in [-0.05, 0) is 37.1 Å². The van der Waals surface area contributed by atoms with E-state index in [1.807, 2.05) is 31.2 Å². The molecule has 0 bridgehead atoms. The second-order valence-corrected chi connectivity index (χ2v) is 7.80. The van der Waals surface area contributed by atoms with Crippen molar-refractivity contribution in [3.05, 3.63) is 75.5 Å². The summed E-state index contributed by atoms with van der Waals surface area (Å²) in [5, 5.41) is 4.38. The fourth-order valence-electron chi connectivity index (χ4n) is 3.05. The topological polar surface area (TPSA) is 42.0 Å². The van der Waals surface area contributed by atoms with E-state index in [1.165, 1.54) is 23.5 Å². The Kier molecular flexibility index (Phi) is 4.51. The van der Waals surface area contributed by atoms with Crippen molar-refractivity contribution in [3.63, 3.8) is 0 Å². The summed E-state index contributed by atoms with van der Waals surface area (Å²) >= 11 is 7.57. The number of amides is 1. The van der Waals surface area contributed by atoms with E-state index < -0.39 is 0 Å². The summed E-state index contributed by atoms with van der Waals surface area (Å²) in [5.41, 5.74) is 2.43. The van der Waals surface area contributed by atoms with Crippen LogP contribution in [0.25, 0.3) is 10.6 Å². The molecular weight excluding hydrogens is 371 g/mol. The molecule has 1 N–H and O–H groups in total. The molecule has 1 aliphatic rings. The summed E-state index contributed by atoms with van der Waals surface area (Å²) < 4.78 is 13.4. The van der Waals surface area contributed by atoms with Gasteiger partial charge in [0.25, 0.3) is 5.91 Å². The molecule has 2 atom stereocenters. The Labute approximate surface area is 159 Å². The zero-order chi connectivity index (χ0) is 18.3. The zero-order valence-corrected chi connectivity index (χ0v) is 15.6. The first-order chi connectivity index (χ1) is 12.5. The summed E-state index contributed by atoms with van der Waals surface area (Å²) in [7, 11) is 0. The Morgan fingerprint density at radius 3 is 2.85 bits per heavy atom. The molecule has 3 nitrogen and oxygen atoms in total. The normalized spacial score (nSPS) is 18.6. The van der Waals surface area contributed by atoms with E-state index in [1.54, 1.807) is 12.1 Å². The third-order valence-corrected chi connectivity index (χ3v) is 6.01. The van der Waals surface area contributed by atoms with Crippen LogP contribution in [0.5, 0.6) is 0 Å². The Bertz CT molecular complexity index is 987. The minimum Gasteiger partial charge on any atom is -0.348 e. The summed E-state index contributed by atoms with van der Waals surface area (Å²) in [6.07, 6.45) is 0.824. The molecule has 1 saturated carbocycles. The van der Waals surface area contributed by atoms with E-state index in [2.05, 4.69) is 10.3 Å². The van der Waals surface area contributed by atoms with Crippen LogP contribution in [-0.4, -0.2) is 16.9 Å². The maximum atomic E-state index is 13.4. The first-order valence-electron chi connectivity index (χ1n) is 8.31. The Morgan fingerprint density at radius 2 is 2.08 bits per heavy atom. The molecular formula is C20H16ClFN2OS. The first-order valence-corrected chi connectivity index (χ1v) is 9.51. The summed E-state index contributed by atoms with van der Waals surface area (Å²) in [6.45, 7) is 1.82. The molecule has 1 aliphatic carbocycles. The van der Waals surface area contributed by atoms with Gasteiger partial charge in [0.15, 0.2) is 0 Å². The average molecular weight is 387 g/mol. The van der Waals surface area contributed by atoms with Crippen molar-refractivity contribution in [1.29, 1.82) is 0 Å². The molecule has 2 aromatic carbocycles. The predicted octanol–water partition coefficient (Wildman–Crippen LogP) is 5.20. The number of thiazole rings is 1. The Balaban J connectivity index is 1.49. The van der Waals surface area contributed by atoms with Gasteiger partial charge in [-0.25, -0.2) is 9.37 Å². The summed E-state index contributed by atoms with van der Waals surface area (Å²) in [4.78, 5) is 17.7. The van der Waals surface area contributed by atoms with Crippen molar-refractivity contribution in [2.45, 2.75) is 25.3 Å². The molecule has 0 aliphatic heterocycles. The van der Waals surface area contributed by atoms with Gasteiger partial charge < -0.3 is 5.32 Å². The maximum absolute atomic E-state index is 13.4. The lowest BCUT2D eigenvalue weighted by Crippen LogP contribution is -2.26. The van der Waals surface area contributed by atoms with Gasteiger partial charge in [-0.15, -0.1) is 11.3 Å². The molecule has 6 heteroatoms. The van der Waals surface area contributed by atoms with Gasteiger partial charge in [-0.1, -0.05) is 41.9 Å². The molecule has 1 fully saturated rings. The highest BCUT2D eigenvalue weighted by molar-refractivity contribution is 7.17. The lowest BCUT2D eigenvalue weighted by Gasteiger charge is -2.04. The fraction of sp³-hybridized carbons (Fsp3) is 0.200.